The van der Waals surface area contributed by atoms with E-state index >= 15 is 0 Å². The molecule has 0 aromatic heterocycles. The van der Waals surface area contributed by atoms with E-state index in [4.69, 9.17) is 4.74 Å². The summed E-state index contributed by atoms with van der Waals surface area (Å²) in [6, 6.07) is 12.9. The third kappa shape index (κ3) is 7.37. The molecule has 1 unspecified atom stereocenters. The predicted octanol–water partition coefficient (Wildman–Crippen LogP) is 2.08. The maximum absolute atomic E-state index is 12.9. The summed E-state index contributed by atoms with van der Waals surface area (Å²) in [5.41, 5.74) is 1.39. The van der Waals surface area contributed by atoms with Crippen LogP contribution in [0.3, 0.4) is 0 Å². The van der Waals surface area contributed by atoms with Crippen molar-refractivity contribution in [1.82, 2.24) is 15.5 Å². The van der Waals surface area contributed by atoms with Gasteiger partial charge >= 0.3 is 0 Å². The summed E-state index contributed by atoms with van der Waals surface area (Å²) in [5, 5.41) is 16.9. The molecule has 2 aromatic rings. The van der Waals surface area contributed by atoms with Crippen molar-refractivity contribution in [3.05, 3.63) is 75.3 Å². The van der Waals surface area contributed by atoms with Crippen molar-refractivity contribution >= 4 is 17.5 Å². The zero-order valence-electron chi connectivity index (χ0n) is 18.8. The van der Waals surface area contributed by atoms with Crippen LogP contribution in [-0.2, 0) is 16.0 Å². The lowest BCUT2D eigenvalue weighted by molar-refractivity contribution is -0.385. The van der Waals surface area contributed by atoms with Gasteiger partial charge < -0.3 is 15.4 Å². The number of amides is 2. The van der Waals surface area contributed by atoms with Crippen LogP contribution < -0.4 is 10.6 Å². The number of nitro groups is 1. The van der Waals surface area contributed by atoms with E-state index in [1.54, 1.807) is 6.92 Å². The topological polar surface area (TPSA) is 114 Å². The Labute approximate surface area is 193 Å². The number of nitrogens with one attached hydrogen (secondary N) is 2. The smallest absolute Gasteiger partial charge is 0.273 e. The second-order valence-electron chi connectivity index (χ2n) is 8.07. The van der Waals surface area contributed by atoms with Gasteiger partial charge in [-0.2, -0.15) is 0 Å². The first kappa shape index (κ1) is 24.3. The van der Waals surface area contributed by atoms with Crippen LogP contribution in [-0.4, -0.2) is 67.1 Å². The first-order chi connectivity index (χ1) is 15.9. The number of carbonyl (C=O) groups is 2. The molecule has 0 saturated carbocycles. The Kier molecular flexibility index (Phi) is 8.91. The molecule has 0 aliphatic carbocycles. The van der Waals surface area contributed by atoms with Crippen molar-refractivity contribution < 1.29 is 19.2 Å². The van der Waals surface area contributed by atoms with Crippen molar-refractivity contribution in [1.29, 1.82) is 0 Å². The number of hydrogen-bond acceptors (Lipinski definition) is 6. The van der Waals surface area contributed by atoms with Gasteiger partial charge in [-0.25, -0.2) is 0 Å². The van der Waals surface area contributed by atoms with Crippen LogP contribution in [0.5, 0.6) is 0 Å². The molecule has 1 aliphatic heterocycles. The van der Waals surface area contributed by atoms with E-state index in [1.165, 1.54) is 18.2 Å². The first-order valence-corrected chi connectivity index (χ1v) is 11.1. The fourth-order valence-electron chi connectivity index (χ4n) is 3.71. The molecule has 2 aromatic carbocycles. The number of nitrogens with zero attached hydrogens (tertiary/aromatic N) is 2. The zero-order valence-corrected chi connectivity index (χ0v) is 18.8. The van der Waals surface area contributed by atoms with Gasteiger partial charge in [-0.05, 0) is 31.5 Å². The van der Waals surface area contributed by atoms with Gasteiger partial charge in [0.15, 0.2) is 0 Å². The molecular weight excluding hydrogens is 424 g/mol. The SMILES string of the molecule is Cc1ccc(C(=O)NC(Cc2ccccc2)C(=O)NCCCN2CCOCC2)cc1[N+](=O)[O-]. The monoisotopic (exact) mass is 454 g/mol. The molecule has 1 aliphatic rings. The van der Waals surface area contributed by atoms with Crippen molar-refractivity contribution in [2.24, 2.45) is 0 Å². The Morgan fingerprint density at radius 1 is 1.15 bits per heavy atom. The Hall–Kier alpha value is -3.30. The molecule has 0 bridgehead atoms. The van der Waals surface area contributed by atoms with E-state index in [1.807, 2.05) is 30.3 Å². The molecule has 0 radical (unpaired) electrons. The summed E-state index contributed by atoms with van der Waals surface area (Å²) in [7, 11) is 0. The van der Waals surface area contributed by atoms with Crippen LogP contribution in [0.2, 0.25) is 0 Å². The Morgan fingerprint density at radius 2 is 1.88 bits per heavy atom. The molecule has 1 fully saturated rings. The molecule has 0 spiro atoms. The average Bonchev–Trinajstić information content (AvgIpc) is 2.82. The minimum atomic E-state index is -0.802. The third-order valence-corrected chi connectivity index (χ3v) is 5.63. The molecule has 9 nitrogen and oxygen atoms in total. The Bertz CT molecular complexity index is 961. The minimum absolute atomic E-state index is 0.130. The van der Waals surface area contributed by atoms with Crippen molar-refractivity contribution in [2.75, 3.05) is 39.4 Å². The first-order valence-electron chi connectivity index (χ1n) is 11.1. The van der Waals surface area contributed by atoms with Crippen molar-refractivity contribution in [2.45, 2.75) is 25.8 Å². The summed E-state index contributed by atoms with van der Waals surface area (Å²) < 4.78 is 5.34. The maximum Gasteiger partial charge on any atom is 0.273 e. The number of benzene rings is 2. The largest absolute Gasteiger partial charge is 0.379 e. The highest BCUT2D eigenvalue weighted by atomic mass is 16.6. The molecule has 176 valence electrons. The number of morpholine rings is 1. The fraction of sp³-hybridized carbons (Fsp3) is 0.417. The highest BCUT2D eigenvalue weighted by Crippen LogP contribution is 2.19. The van der Waals surface area contributed by atoms with Crippen molar-refractivity contribution in [3.8, 4) is 0 Å². The molecule has 1 heterocycles. The molecule has 1 saturated heterocycles. The number of rotatable bonds is 10. The third-order valence-electron chi connectivity index (χ3n) is 5.63. The van der Waals surface area contributed by atoms with E-state index in [2.05, 4.69) is 15.5 Å². The van der Waals surface area contributed by atoms with E-state index in [9.17, 15) is 19.7 Å². The maximum atomic E-state index is 12.9. The number of nitro benzene ring substituents is 1. The van der Waals surface area contributed by atoms with Crippen LogP contribution in [0, 0.1) is 17.0 Å². The average molecular weight is 455 g/mol. The number of hydrogen-bond donors (Lipinski definition) is 2. The van der Waals surface area contributed by atoms with E-state index in [-0.39, 0.29) is 17.2 Å². The minimum Gasteiger partial charge on any atom is -0.379 e. The van der Waals surface area contributed by atoms with E-state index in [0.29, 0.717) is 18.5 Å². The summed E-state index contributed by atoms with van der Waals surface area (Å²) in [6.45, 7) is 6.22. The van der Waals surface area contributed by atoms with Gasteiger partial charge in [0.2, 0.25) is 5.91 Å². The second-order valence-corrected chi connectivity index (χ2v) is 8.07. The van der Waals surface area contributed by atoms with Crippen LogP contribution in [0.1, 0.15) is 27.9 Å². The molecular formula is C24H30N4O5. The predicted molar refractivity (Wildman–Crippen MR) is 124 cm³/mol. The quantitative estimate of drug-likeness (QED) is 0.323. The lowest BCUT2D eigenvalue weighted by Crippen LogP contribution is -2.48. The summed E-state index contributed by atoms with van der Waals surface area (Å²) >= 11 is 0. The van der Waals surface area contributed by atoms with Crippen LogP contribution in [0.25, 0.3) is 0 Å². The summed E-state index contributed by atoms with van der Waals surface area (Å²) in [4.78, 5) is 38.8. The van der Waals surface area contributed by atoms with Crippen LogP contribution >= 0.6 is 0 Å². The molecule has 2 N–H and O–H groups in total. The van der Waals surface area contributed by atoms with Gasteiger partial charge in [0.1, 0.15) is 6.04 Å². The fourth-order valence-corrected chi connectivity index (χ4v) is 3.71. The van der Waals surface area contributed by atoms with Gasteiger partial charge in [-0.15, -0.1) is 0 Å². The summed E-state index contributed by atoms with van der Waals surface area (Å²) in [5.74, 6) is -0.807. The van der Waals surface area contributed by atoms with E-state index in [0.717, 1.165) is 44.8 Å². The number of ether oxygens (including phenoxy) is 1. The van der Waals surface area contributed by atoms with E-state index < -0.39 is 16.9 Å². The van der Waals surface area contributed by atoms with Gasteiger partial charge in [0.05, 0.1) is 18.1 Å². The molecule has 33 heavy (non-hydrogen) atoms. The number of carbonyl (C=O) groups excluding carboxylic acids is 2. The Morgan fingerprint density at radius 3 is 2.58 bits per heavy atom. The lowest BCUT2D eigenvalue weighted by atomic mass is 10.0. The van der Waals surface area contributed by atoms with Gasteiger partial charge in [0, 0.05) is 43.2 Å². The van der Waals surface area contributed by atoms with Gasteiger partial charge in [0.25, 0.3) is 11.6 Å². The van der Waals surface area contributed by atoms with Crippen LogP contribution in [0.15, 0.2) is 48.5 Å². The summed E-state index contributed by atoms with van der Waals surface area (Å²) in [6.07, 6.45) is 1.11. The lowest BCUT2D eigenvalue weighted by Gasteiger charge is -2.26. The molecule has 3 rings (SSSR count). The highest BCUT2D eigenvalue weighted by Gasteiger charge is 2.23. The van der Waals surface area contributed by atoms with Crippen molar-refractivity contribution in [3.63, 3.8) is 0 Å². The normalized spacial score (nSPS) is 14.9. The van der Waals surface area contributed by atoms with Crippen LogP contribution in [0.4, 0.5) is 5.69 Å². The molecule has 9 heteroatoms. The van der Waals surface area contributed by atoms with Gasteiger partial charge in [-0.3, -0.25) is 24.6 Å². The number of aryl methyl sites for hydroxylation is 1. The highest BCUT2D eigenvalue weighted by molar-refractivity contribution is 5.98. The molecule has 2 amide bonds. The zero-order chi connectivity index (χ0) is 23.6. The second kappa shape index (κ2) is 12.1. The molecule has 1 atom stereocenters. The van der Waals surface area contributed by atoms with Gasteiger partial charge in [-0.1, -0.05) is 36.4 Å². The standard InChI is InChI=1S/C24H30N4O5/c1-18-8-9-20(17-22(18)28(31)32)23(29)26-21(16-19-6-3-2-4-7-19)24(30)25-10-5-11-27-12-14-33-15-13-27/h2-4,6-9,17,21H,5,10-16H2,1H3,(H,25,30)(H,26,29). The Balaban J connectivity index is 1.63.